The molecule has 4 heteroatoms. The van der Waals surface area contributed by atoms with Crippen LogP contribution in [-0.2, 0) is 9.53 Å². The van der Waals surface area contributed by atoms with Crippen molar-refractivity contribution in [1.29, 1.82) is 0 Å². The van der Waals surface area contributed by atoms with Crippen molar-refractivity contribution in [1.82, 2.24) is 0 Å². The van der Waals surface area contributed by atoms with Crippen molar-refractivity contribution in [2.45, 2.75) is 26.4 Å². The third-order valence-corrected chi connectivity index (χ3v) is 1.79. The van der Waals surface area contributed by atoms with Gasteiger partial charge in [0.25, 0.3) is 0 Å². The SMILES string of the molecule is CCC(C)C(OCCO)C(=O)O. The van der Waals surface area contributed by atoms with E-state index in [0.29, 0.717) is 0 Å². The average Bonchev–Trinajstić information content (AvgIpc) is 2.04. The van der Waals surface area contributed by atoms with Gasteiger partial charge in [0.05, 0.1) is 13.2 Å². The number of aliphatic hydroxyl groups is 1. The molecule has 0 heterocycles. The quantitative estimate of drug-likeness (QED) is 0.618. The third kappa shape index (κ3) is 3.69. The Kier molecular flexibility index (Phi) is 5.66. The second-order valence-corrected chi connectivity index (χ2v) is 2.74. The Morgan fingerprint density at radius 2 is 2.17 bits per heavy atom. The maximum Gasteiger partial charge on any atom is 0.333 e. The summed E-state index contributed by atoms with van der Waals surface area (Å²) in [6.07, 6.45) is -0.0373. The fourth-order valence-corrected chi connectivity index (χ4v) is 0.873. The number of rotatable bonds is 6. The molecular formula is C8H16O4. The normalized spacial score (nSPS) is 15.6. The molecule has 2 unspecified atom stereocenters. The van der Waals surface area contributed by atoms with E-state index in [-0.39, 0.29) is 19.1 Å². The molecule has 0 aromatic heterocycles. The molecule has 0 spiro atoms. The first kappa shape index (κ1) is 11.4. The molecule has 0 amide bonds. The zero-order chi connectivity index (χ0) is 9.56. The van der Waals surface area contributed by atoms with Crippen LogP contribution < -0.4 is 0 Å². The van der Waals surface area contributed by atoms with Crippen LogP contribution in [0.15, 0.2) is 0 Å². The molecule has 0 aliphatic heterocycles. The van der Waals surface area contributed by atoms with Gasteiger partial charge in [-0.3, -0.25) is 0 Å². The van der Waals surface area contributed by atoms with Crippen LogP contribution in [0.1, 0.15) is 20.3 Å². The Morgan fingerprint density at radius 1 is 1.58 bits per heavy atom. The number of aliphatic carboxylic acids is 1. The largest absolute Gasteiger partial charge is 0.479 e. The highest BCUT2D eigenvalue weighted by atomic mass is 16.5. The average molecular weight is 176 g/mol. The number of carbonyl (C=O) groups is 1. The molecule has 2 atom stereocenters. The summed E-state index contributed by atoms with van der Waals surface area (Å²) in [5, 5.41) is 17.1. The Labute approximate surface area is 72.2 Å². The summed E-state index contributed by atoms with van der Waals surface area (Å²) in [6, 6.07) is 0. The lowest BCUT2D eigenvalue weighted by molar-refractivity contribution is -0.154. The van der Waals surface area contributed by atoms with Crippen LogP contribution in [0.3, 0.4) is 0 Å². The second kappa shape index (κ2) is 5.97. The summed E-state index contributed by atoms with van der Waals surface area (Å²) in [6.45, 7) is 3.67. The minimum atomic E-state index is -0.960. The molecule has 0 aromatic carbocycles. The Morgan fingerprint density at radius 3 is 2.50 bits per heavy atom. The van der Waals surface area contributed by atoms with Crippen molar-refractivity contribution < 1.29 is 19.7 Å². The summed E-state index contributed by atoms with van der Waals surface area (Å²) >= 11 is 0. The highest BCUT2D eigenvalue weighted by Crippen LogP contribution is 2.11. The van der Waals surface area contributed by atoms with Crippen molar-refractivity contribution in [3.8, 4) is 0 Å². The van der Waals surface area contributed by atoms with Gasteiger partial charge in [-0.15, -0.1) is 0 Å². The number of ether oxygens (including phenoxy) is 1. The van der Waals surface area contributed by atoms with Crippen LogP contribution in [0.5, 0.6) is 0 Å². The molecule has 0 rings (SSSR count). The molecule has 0 saturated heterocycles. The van der Waals surface area contributed by atoms with E-state index in [1.54, 1.807) is 0 Å². The van der Waals surface area contributed by atoms with Gasteiger partial charge < -0.3 is 14.9 Å². The van der Waals surface area contributed by atoms with E-state index in [0.717, 1.165) is 6.42 Å². The minimum absolute atomic E-state index is 0.0194. The lowest BCUT2D eigenvalue weighted by Gasteiger charge is -2.18. The molecule has 0 radical (unpaired) electrons. The summed E-state index contributed by atoms with van der Waals surface area (Å²) in [5.74, 6) is -0.980. The first-order valence-electron chi connectivity index (χ1n) is 4.08. The van der Waals surface area contributed by atoms with Crippen molar-refractivity contribution in [2.75, 3.05) is 13.2 Å². The topological polar surface area (TPSA) is 66.8 Å². The van der Waals surface area contributed by atoms with E-state index in [1.807, 2.05) is 13.8 Å². The van der Waals surface area contributed by atoms with E-state index >= 15 is 0 Å². The molecule has 0 aliphatic carbocycles. The first-order valence-corrected chi connectivity index (χ1v) is 4.08. The lowest BCUT2D eigenvalue weighted by Crippen LogP contribution is -2.31. The molecule has 72 valence electrons. The van der Waals surface area contributed by atoms with Crippen LogP contribution >= 0.6 is 0 Å². The summed E-state index contributed by atoms with van der Waals surface area (Å²) in [4.78, 5) is 10.6. The molecule has 2 N–H and O–H groups in total. The molecule has 0 aliphatic rings. The van der Waals surface area contributed by atoms with Gasteiger partial charge in [-0.2, -0.15) is 0 Å². The van der Waals surface area contributed by atoms with Gasteiger partial charge in [-0.1, -0.05) is 20.3 Å². The number of hydrogen-bond donors (Lipinski definition) is 2. The number of aliphatic hydroxyl groups excluding tert-OH is 1. The molecule has 0 fully saturated rings. The van der Waals surface area contributed by atoms with Gasteiger partial charge >= 0.3 is 5.97 Å². The van der Waals surface area contributed by atoms with Crippen LogP contribution in [-0.4, -0.2) is 35.5 Å². The first-order chi connectivity index (χ1) is 5.63. The fourth-order valence-electron chi connectivity index (χ4n) is 0.873. The molecule has 12 heavy (non-hydrogen) atoms. The van der Waals surface area contributed by atoms with Gasteiger partial charge in [0, 0.05) is 0 Å². The highest BCUT2D eigenvalue weighted by Gasteiger charge is 2.23. The van der Waals surface area contributed by atoms with Crippen LogP contribution in [0.25, 0.3) is 0 Å². The summed E-state index contributed by atoms with van der Waals surface area (Å²) in [7, 11) is 0. The number of hydrogen-bond acceptors (Lipinski definition) is 3. The zero-order valence-corrected chi connectivity index (χ0v) is 7.49. The van der Waals surface area contributed by atoms with Gasteiger partial charge in [0.15, 0.2) is 6.10 Å². The van der Waals surface area contributed by atoms with Crippen molar-refractivity contribution in [2.24, 2.45) is 5.92 Å². The van der Waals surface area contributed by atoms with Crippen LogP contribution in [0, 0.1) is 5.92 Å². The van der Waals surface area contributed by atoms with Gasteiger partial charge in [0.2, 0.25) is 0 Å². The van der Waals surface area contributed by atoms with E-state index < -0.39 is 12.1 Å². The number of carboxylic acids is 1. The highest BCUT2D eigenvalue weighted by molar-refractivity contribution is 5.72. The van der Waals surface area contributed by atoms with Gasteiger partial charge in [-0.25, -0.2) is 4.79 Å². The molecular weight excluding hydrogens is 160 g/mol. The second-order valence-electron chi connectivity index (χ2n) is 2.74. The molecule has 0 saturated carbocycles. The van der Waals surface area contributed by atoms with Crippen molar-refractivity contribution >= 4 is 5.97 Å². The van der Waals surface area contributed by atoms with E-state index in [9.17, 15) is 4.79 Å². The third-order valence-electron chi connectivity index (χ3n) is 1.79. The van der Waals surface area contributed by atoms with Crippen molar-refractivity contribution in [3.05, 3.63) is 0 Å². The molecule has 0 bridgehead atoms. The minimum Gasteiger partial charge on any atom is -0.479 e. The zero-order valence-electron chi connectivity index (χ0n) is 7.49. The van der Waals surface area contributed by atoms with Crippen molar-refractivity contribution in [3.63, 3.8) is 0 Å². The maximum atomic E-state index is 10.6. The Bertz CT molecular complexity index is 135. The predicted octanol–water partition coefficient (Wildman–Crippen LogP) is 0.495. The molecule has 4 nitrogen and oxygen atoms in total. The maximum absolute atomic E-state index is 10.6. The Balaban J connectivity index is 3.94. The summed E-state index contributed by atoms with van der Waals surface area (Å²) < 4.78 is 4.96. The summed E-state index contributed by atoms with van der Waals surface area (Å²) in [5.41, 5.74) is 0. The lowest BCUT2D eigenvalue weighted by atomic mass is 10.0. The Hall–Kier alpha value is -0.610. The monoisotopic (exact) mass is 176 g/mol. The smallest absolute Gasteiger partial charge is 0.333 e. The van der Waals surface area contributed by atoms with Crippen LogP contribution in [0.4, 0.5) is 0 Å². The van der Waals surface area contributed by atoms with E-state index in [1.165, 1.54) is 0 Å². The standard InChI is InChI=1S/C8H16O4/c1-3-6(2)7(8(10)11)12-5-4-9/h6-7,9H,3-5H2,1-2H3,(H,10,11). The predicted molar refractivity (Wildman–Crippen MR) is 43.9 cm³/mol. The molecule has 0 aromatic rings. The van der Waals surface area contributed by atoms with Gasteiger partial charge in [-0.05, 0) is 5.92 Å². The van der Waals surface area contributed by atoms with Gasteiger partial charge in [0.1, 0.15) is 0 Å². The van der Waals surface area contributed by atoms with E-state index in [2.05, 4.69) is 0 Å². The fraction of sp³-hybridized carbons (Fsp3) is 0.875. The van der Waals surface area contributed by atoms with Crippen LogP contribution in [0.2, 0.25) is 0 Å². The number of carboxylic acid groups (broad SMARTS) is 1. The van der Waals surface area contributed by atoms with E-state index in [4.69, 9.17) is 14.9 Å².